The lowest BCUT2D eigenvalue weighted by Crippen LogP contribution is -1.87. The molecule has 0 spiro atoms. The molecular weight excluding hydrogens is 397 g/mol. The van der Waals surface area contributed by atoms with E-state index in [-0.39, 0.29) is 10.9 Å². The molecular formula is C27H15F3O. The van der Waals surface area contributed by atoms with Crippen molar-refractivity contribution in [3.05, 3.63) is 113 Å². The first-order valence-electron chi connectivity index (χ1n) is 9.39. The summed E-state index contributed by atoms with van der Waals surface area (Å²) in [5.41, 5.74) is 2.48. The molecule has 0 radical (unpaired) electrons. The van der Waals surface area contributed by atoms with E-state index in [0.29, 0.717) is 16.7 Å². The molecule has 0 N–H and O–H groups in total. The lowest BCUT2D eigenvalue weighted by Gasteiger charge is -2.01. The number of fused-ring (bicyclic) bond motifs is 1. The smallest absolute Gasteiger partial charge is 0.166 e. The Labute approximate surface area is 178 Å². The zero-order valence-electron chi connectivity index (χ0n) is 16.5. The Morgan fingerprint density at radius 2 is 1.26 bits per heavy atom. The minimum atomic E-state index is -0.871. The van der Waals surface area contributed by atoms with Crippen molar-refractivity contribution in [2.45, 2.75) is 0 Å². The third-order valence-corrected chi connectivity index (χ3v) is 4.66. The first kappa shape index (κ1) is 20.1. The molecule has 31 heavy (non-hydrogen) atoms. The maximum atomic E-state index is 14.0. The molecule has 0 aliphatic carbocycles. The van der Waals surface area contributed by atoms with Crippen LogP contribution in [0.2, 0.25) is 0 Å². The van der Waals surface area contributed by atoms with Crippen molar-refractivity contribution in [1.29, 1.82) is 0 Å². The standard InChI is InChI=1S/C27H15F3O/c1-31-23-13-11-21(26(29)17-23)10-8-19-4-2-18(3-5-19)6-7-20-9-14-24-22(16-20)12-15-25(28)27(24)30/h2-5,9,11-17H,1H3. The normalized spacial score (nSPS) is 10.1. The van der Waals surface area contributed by atoms with Crippen molar-refractivity contribution in [3.63, 3.8) is 0 Å². The molecule has 4 rings (SSSR count). The van der Waals surface area contributed by atoms with Crippen molar-refractivity contribution in [2.24, 2.45) is 0 Å². The molecule has 150 valence electrons. The third-order valence-electron chi connectivity index (χ3n) is 4.66. The molecule has 0 heterocycles. The van der Waals surface area contributed by atoms with Crippen LogP contribution in [0.1, 0.15) is 22.3 Å². The van der Waals surface area contributed by atoms with Gasteiger partial charge in [0.25, 0.3) is 0 Å². The van der Waals surface area contributed by atoms with Crippen LogP contribution in [0.5, 0.6) is 5.75 Å². The Morgan fingerprint density at radius 1 is 0.613 bits per heavy atom. The van der Waals surface area contributed by atoms with Crippen LogP contribution >= 0.6 is 0 Å². The molecule has 0 fully saturated rings. The van der Waals surface area contributed by atoms with E-state index in [1.165, 1.54) is 25.3 Å². The highest BCUT2D eigenvalue weighted by Gasteiger charge is 2.06. The highest BCUT2D eigenvalue weighted by atomic mass is 19.2. The molecule has 4 heteroatoms. The van der Waals surface area contributed by atoms with E-state index in [9.17, 15) is 13.2 Å². The highest BCUT2D eigenvalue weighted by Crippen LogP contribution is 2.21. The van der Waals surface area contributed by atoms with Gasteiger partial charge in [0.05, 0.1) is 12.7 Å². The fourth-order valence-electron chi connectivity index (χ4n) is 2.99. The van der Waals surface area contributed by atoms with Crippen LogP contribution in [0.4, 0.5) is 13.2 Å². The Morgan fingerprint density at radius 3 is 1.94 bits per heavy atom. The number of benzene rings is 4. The zero-order chi connectivity index (χ0) is 21.8. The molecule has 0 saturated heterocycles. The number of hydrogen-bond acceptors (Lipinski definition) is 1. The van der Waals surface area contributed by atoms with E-state index in [0.717, 1.165) is 17.2 Å². The quantitative estimate of drug-likeness (QED) is 0.345. The number of methoxy groups -OCH3 is 1. The molecule has 0 unspecified atom stereocenters. The SMILES string of the molecule is COc1ccc(C#Cc2ccc(C#Cc3ccc4c(F)c(F)ccc4c3)cc2)c(F)c1. The van der Waals surface area contributed by atoms with Crippen LogP contribution in [-0.4, -0.2) is 7.11 Å². The Bertz CT molecular complexity index is 1400. The largest absolute Gasteiger partial charge is 0.497 e. The van der Waals surface area contributed by atoms with Crippen LogP contribution < -0.4 is 4.74 Å². The summed E-state index contributed by atoms with van der Waals surface area (Å²) in [7, 11) is 1.48. The van der Waals surface area contributed by atoms with Crippen LogP contribution in [0.25, 0.3) is 10.8 Å². The molecule has 0 atom stereocenters. The van der Waals surface area contributed by atoms with Crippen molar-refractivity contribution in [2.75, 3.05) is 7.11 Å². The van der Waals surface area contributed by atoms with Crippen LogP contribution in [0.3, 0.4) is 0 Å². The number of hydrogen-bond donors (Lipinski definition) is 0. The van der Waals surface area contributed by atoms with Gasteiger partial charge in [0, 0.05) is 28.1 Å². The minimum absolute atomic E-state index is 0.224. The van der Waals surface area contributed by atoms with E-state index >= 15 is 0 Å². The zero-order valence-corrected chi connectivity index (χ0v) is 16.5. The van der Waals surface area contributed by atoms with Crippen LogP contribution in [0.15, 0.2) is 72.8 Å². The van der Waals surface area contributed by atoms with Crippen molar-refractivity contribution < 1.29 is 17.9 Å². The lowest BCUT2D eigenvalue weighted by molar-refractivity contribution is 0.411. The van der Waals surface area contributed by atoms with Gasteiger partial charge < -0.3 is 4.74 Å². The average molecular weight is 412 g/mol. The second-order valence-corrected chi connectivity index (χ2v) is 6.72. The van der Waals surface area contributed by atoms with Gasteiger partial charge in [-0.2, -0.15) is 0 Å². The van der Waals surface area contributed by atoms with E-state index in [4.69, 9.17) is 4.74 Å². The van der Waals surface area contributed by atoms with E-state index in [1.807, 2.05) is 12.1 Å². The molecule has 0 aromatic heterocycles. The summed E-state index contributed by atoms with van der Waals surface area (Å²) < 4.78 is 46.1. The average Bonchev–Trinajstić information content (AvgIpc) is 2.80. The second-order valence-electron chi connectivity index (χ2n) is 6.72. The van der Waals surface area contributed by atoms with E-state index in [1.54, 1.807) is 36.4 Å². The van der Waals surface area contributed by atoms with Crippen molar-refractivity contribution in [3.8, 4) is 29.4 Å². The predicted octanol–water partition coefficient (Wildman–Crippen LogP) is 6.07. The molecule has 0 saturated carbocycles. The molecule has 0 amide bonds. The minimum Gasteiger partial charge on any atom is -0.497 e. The molecule has 0 aliphatic rings. The van der Waals surface area contributed by atoms with Crippen LogP contribution in [0, 0.1) is 41.1 Å². The summed E-state index contributed by atoms with van der Waals surface area (Å²) in [5, 5.41) is 0.809. The van der Waals surface area contributed by atoms with E-state index < -0.39 is 17.5 Å². The molecule has 4 aromatic rings. The van der Waals surface area contributed by atoms with Crippen LogP contribution in [-0.2, 0) is 0 Å². The number of ether oxygens (including phenoxy) is 1. The summed E-state index contributed by atoms with van der Waals surface area (Å²) in [5.74, 6) is 10.1. The maximum absolute atomic E-state index is 14.0. The topological polar surface area (TPSA) is 9.23 Å². The van der Waals surface area contributed by atoms with Crippen molar-refractivity contribution in [1.82, 2.24) is 0 Å². The van der Waals surface area contributed by atoms with Gasteiger partial charge in [0.1, 0.15) is 11.6 Å². The predicted molar refractivity (Wildman–Crippen MR) is 115 cm³/mol. The fourth-order valence-corrected chi connectivity index (χ4v) is 2.99. The summed E-state index contributed by atoms with van der Waals surface area (Å²) in [4.78, 5) is 0. The molecule has 1 nitrogen and oxygen atoms in total. The fraction of sp³-hybridized carbons (Fsp3) is 0.0370. The van der Waals surface area contributed by atoms with Crippen molar-refractivity contribution >= 4 is 10.8 Å². The molecule has 0 aliphatic heterocycles. The van der Waals surface area contributed by atoms with E-state index in [2.05, 4.69) is 23.7 Å². The van der Waals surface area contributed by atoms with Gasteiger partial charge in [-0.05, 0) is 60.0 Å². The maximum Gasteiger partial charge on any atom is 0.166 e. The molecule has 0 bridgehead atoms. The molecule has 4 aromatic carbocycles. The summed E-state index contributed by atoms with van der Waals surface area (Å²) >= 11 is 0. The summed E-state index contributed by atoms with van der Waals surface area (Å²) in [6.45, 7) is 0. The van der Waals surface area contributed by atoms with Gasteiger partial charge in [0.15, 0.2) is 11.6 Å². The first-order valence-corrected chi connectivity index (χ1v) is 9.39. The summed E-state index contributed by atoms with van der Waals surface area (Å²) in [6.07, 6.45) is 0. The summed E-state index contributed by atoms with van der Waals surface area (Å²) in [6, 6.07) is 19.3. The van der Waals surface area contributed by atoms with Gasteiger partial charge in [-0.25, -0.2) is 13.2 Å². The number of halogens is 3. The Hall–Kier alpha value is -4.15. The Kier molecular flexibility index (Phi) is 5.65. The monoisotopic (exact) mass is 412 g/mol. The number of rotatable bonds is 1. The second kappa shape index (κ2) is 8.69. The van der Waals surface area contributed by atoms with Gasteiger partial charge in [-0.15, -0.1) is 0 Å². The first-order chi connectivity index (χ1) is 15.0. The third kappa shape index (κ3) is 4.55. The van der Waals surface area contributed by atoms with Gasteiger partial charge in [-0.3, -0.25) is 0 Å². The van der Waals surface area contributed by atoms with Gasteiger partial charge >= 0.3 is 0 Å². The van der Waals surface area contributed by atoms with Gasteiger partial charge in [0.2, 0.25) is 0 Å². The lowest BCUT2D eigenvalue weighted by atomic mass is 10.1. The van der Waals surface area contributed by atoms with Gasteiger partial charge in [-0.1, -0.05) is 35.8 Å². The Balaban J connectivity index is 1.52. The highest BCUT2D eigenvalue weighted by molar-refractivity contribution is 5.84.